The largest absolute Gasteiger partial charge is 0.478 e. The predicted octanol–water partition coefficient (Wildman–Crippen LogP) is 2.25. The van der Waals surface area contributed by atoms with Crippen LogP contribution in [0.1, 0.15) is 6.92 Å². The summed E-state index contributed by atoms with van der Waals surface area (Å²) >= 11 is 5.86. The van der Waals surface area contributed by atoms with Gasteiger partial charge >= 0.3 is 0 Å². The molecule has 1 aliphatic rings. The van der Waals surface area contributed by atoms with Crippen molar-refractivity contribution in [3.8, 4) is 5.75 Å². The monoisotopic (exact) mass is 242 g/mol. The van der Waals surface area contributed by atoms with E-state index < -0.39 is 5.82 Å². The second-order valence-corrected chi connectivity index (χ2v) is 3.91. The molecule has 0 fully saturated rings. The summed E-state index contributed by atoms with van der Waals surface area (Å²) in [5, 5.41) is 3.34. The molecule has 1 N–H and O–H groups in total. The topological polar surface area (TPSA) is 33.6 Å². The first-order valence-electron chi connectivity index (χ1n) is 5.07. The lowest BCUT2D eigenvalue weighted by molar-refractivity contribution is 0.270. The van der Waals surface area contributed by atoms with Gasteiger partial charge in [0.1, 0.15) is 5.84 Å². The predicted molar refractivity (Wildman–Crippen MR) is 61.8 cm³/mol. The van der Waals surface area contributed by atoms with E-state index in [0.29, 0.717) is 0 Å². The average Bonchev–Trinajstić information content (AvgIpc) is 2.76. The fourth-order valence-electron chi connectivity index (χ4n) is 1.52. The molecule has 0 amide bonds. The zero-order valence-corrected chi connectivity index (χ0v) is 9.59. The number of hydrogen-bond donors (Lipinski definition) is 1. The number of nitrogens with zero attached hydrogens (tertiary/aromatic N) is 1. The van der Waals surface area contributed by atoms with E-state index in [1.807, 2.05) is 0 Å². The number of para-hydroxylation sites is 1. The minimum Gasteiger partial charge on any atom is -0.478 e. The van der Waals surface area contributed by atoms with Crippen molar-refractivity contribution >= 4 is 17.4 Å². The van der Waals surface area contributed by atoms with Gasteiger partial charge in [0, 0.05) is 6.54 Å². The van der Waals surface area contributed by atoms with Crippen LogP contribution in [0.3, 0.4) is 0 Å². The molecule has 0 radical (unpaired) electrons. The maximum Gasteiger partial charge on any atom is 0.174 e. The quantitative estimate of drug-likeness (QED) is 0.882. The molecule has 1 aliphatic heterocycles. The third kappa shape index (κ3) is 2.27. The van der Waals surface area contributed by atoms with Crippen molar-refractivity contribution in [2.24, 2.45) is 4.99 Å². The van der Waals surface area contributed by atoms with Gasteiger partial charge in [0.15, 0.2) is 17.7 Å². The van der Waals surface area contributed by atoms with Gasteiger partial charge in [-0.05, 0) is 19.1 Å². The highest BCUT2D eigenvalue weighted by Gasteiger charge is 2.18. The molecule has 1 unspecified atom stereocenters. The van der Waals surface area contributed by atoms with Gasteiger partial charge in [-0.25, -0.2) is 4.39 Å². The summed E-state index contributed by atoms with van der Waals surface area (Å²) in [4.78, 5) is 4.21. The molecule has 1 atom stereocenters. The lowest BCUT2D eigenvalue weighted by Crippen LogP contribution is -2.33. The molecular formula is C11H12ClFN2O. The van der Waals surface area contributed by atoms with Crippen molar-refractivity contribution in [3.63, 3.8) is 0 Å². The Kier molecular flexibility index (Phi) is 3.29. The summed E-state index contributed by atoms with van der Waals surface area (Å²) < 4.78 is 18.9. The number of ether oxygens (including phenoxy) is 1. The minimum absolute atomic E-state index is 0.0769. The molecule has 0 saturated carbocycles. The molecule has 0 spiro atoms. The zero-order valence-electron chi connectivity index (χ0n) is 8.84. The van der Waals surface area contributed by atoms with E-state index in [1.54, 1.807) is 19.1 Å². The molecule has 3 nitrogen and oxygen atoms in total. The van der Waals surface area contributed by atoms with Crippen LogP contribution in [-0.4, -0.2) is 25.0 Å². The Morgan fingerprint density at radius 3 is 3.00 bits per heavy atom. The highest BCUT2D eigenvalue weighted by molar-refractivity contribution is 6.32. The zero-order chi connectivity index (χ0) is 11.5. The van der Waals surface area contributed by atoms with Crippen LogP contribution in [-0.2, 0) is 0 Å². The number of amidine groups is 1. The van der Waals surface area contributed by atoms with Crippen molar-refractivity contribution in [3.05, 3.63) is 29.0 Å². The van der Waals surface area contributed by atoms with Crippen LogP contribution in [0.15, 0.2) is 23.2 Å². The van der Waals surface area contributed by atoms with Gasteiger partial charge in [-0.15, -0.1) is 0 Å². The van der Waals surface area contributed by atoms with Crippen molar-refractivity contribution in [1.82, 2.24) is 5.32 Å². The molecule has 2 rings (SSSR count). The van der Waals surface area contributed by atoms with Crippen LogP contribution in [0.5, 0.6) is 5.75 Å². The van der Waals surface area contributed by atoms with Crippen LogP contribution in [0, 0.1) is 5.82 Å². The van der Waals surface area contributed by atoms with Crippen molar-refractivity contribution in [1.29, 1.82) is 0 Å². The Hall–Kier alpha value is -1.29. The smallest absolute Gasteiger partial charge is 0.174 e. The fourth-order valence-corrected chi connectivity index (χ4v) is 1.72. The first-order valence-corrected chi connectivity index (χ1v) is 5.45. The normalized spacial score (nSPS) is 16.6. The molecular weight excluding hydrogens is 231 g/mol. The molecule has 86 valence electrons. The molecule has 16 heavy (non-hydrogen) atoms. The van der Waals surface area contributed by atoms with E-state index in [1.165, 1.54) is 6.07 Å². The molecule has 0 bridgehead atoms. The second-order valence-electron chi connectivity index (χ2n) is 3.50. The number of halogens is 2. The second kappa shape index (κ2) is 4.70. The first kappa shape index (κ1) is 11.2. The number of aliphatic imine (C=N–C) groups is 1. The highest BCUT2D eigenvalue weighted by Crippen LogP contribution is 2.28. The third-order valence-electron chi connectivity index (χ3n) is 2.30. The molecule has 0 aromatic heterocycles. The summed E-state index contributed by atoms with van der Waals surface area (Å²) in [7, 11) is 0. The Bertz CT molecular complexity index is 402. The van der Waals surface area contributed by atoms with Crippen molar-refractivity contribution < 1.29 is 9.13 Å². The minimum atomic E-state index is -0.460. The number of nitrogens with one attached hydrogen (secondary N) is 1. The number of benzene rings is 1. The van der Waals surface area contributed by atoms with Gasteiger partial charge in [-0.3, -0.25) is 4.99 Å². The summed E-state index contributed by atoms with van der Waals surface area (Å²) in [6, 6.07) is 4.45. The van der Waals surface area contributed by atoms with Gasteiger partial charge in [-0.2, -0.15) is 0 Å². The summed E-state index contributed by atoms with van der Waals surface area (Å²) in [6.45, 7) is 3.34. The van der Waals surface area contributed by atoms with Crippen molar-refractivity contribution in [2.45, 2.75) is 13.0 Å². The maximum absolute atomic E-state index is 13.4. The summed E-state index contributed by atoms with van der Waals surface area (Å²) in [5.74, 6) is 0.352. The summed E-state index contributed by atoms with van der Waals surface area (Å²) in [5.41, 5.74) is 0. The van der Waals surface area contributed by atoms with Crippen LogP contribution in [0.25, 0.3) is 0 Å². The van der Waals surface area contributed by atoms with Crippen LogP contribution >= 0.6 is 11.6 Å². The average molecular weight is 243 g/mol. The Morgan fingerprint density at radius 1 is 1.56 bits per heavy atom. The van der Waals surface area contributed by atoms with E-state index in [2.05, 4.69) is 10.3 Å². The lowest BCUT2D eigenvalue weighted by atomic mass is 10.3. The molecule has 1 aromatic rings. The Balaban J connectivity index is 2.14. The lowest BCUT2D eigenvalue weighted by Gasteiger charge is -2.16. The van der Waals surface area contributed by atoms with Gasteiger partial charge in [0.25, 0.3) is 0 Å². The number of hydrogen-bond acceptors (Lipinski definition) is 3. The van der Waals surface area contributed by atoms with E-state index in [-0.39, 0.29) is 16.9 Å². The van der Waals surface area contributed by atoms with Crippen LogP contribution in [0.2, 0.25) is 5.02 Å². The van der Waals surface area contributed by atoms with Gasteiger partial charge < -0.3 is 10.1 Å². The van der Waals surface area contributed by atoms with E-state index in [9.17, 15) is 4.39 Å². The Morgan fingerprint density at radius 2 is 2.38 bits per heavy atom. The number of rotatable bonds is 3. The third-order valence-corrected chi connectivity index (χ3v) is 2.60. The van der Waals surface area contributed by atoms with Crippen molar-refractivity contribution in [2.75, 3.05) is 13.1 Å². The maximum atomic E-state index is 13.4. The molecule has 5 heteroatoms. The van der Waals surface area contributed by atoms with Crippen LogP contribution in [0.4, 0.5) is 4.39 Å². The van der Waals surface area contributed by atoms with E-state index >= 15 is 0 Å². The van der Waals surface area contributed by atoms with E-state index in [4.69, 9.17) is 16.3 Å². The summed E-state index contributed by atoms with van der Waals surface area (Å²) in [6.07, 6.45) is -0.322. The van der Waals surface area contributed by atoms with Gasteiger partial charge in [0.05, 0.1) is 11.6 Å². The molecule has 1 aromatic carbocycles. The van der Waals surface area contributed by atoms with Gasteiger partial charge in [0.2, 0.25) is 0 Å². The Labute approximate surface area is 98.3 Å². The standard InChI is InChI=1S/C11H12ClFN2O/c1-7(11-14-5-6-15-11)16-10-8(12)3-2-4-9(10)13/h2-4,7H,5-6H2,1H3,(H,14,15). The van der Waals surface area contributed by atoms with Gasteiger partial charge in [-0.1, -0.05) is 17.7 Å². The molecule has 1 heterocycles. The van der Waals surface area contributed by atoms with Crippen LogP contribution < -0.4 is 10.1 Å². The van der Waals surface area contributed by atoms with E-state index in [0.717, 1.165) is 18.9 Å². The fraction of sp³-hybridized carbons (Fsp3) is 0.364. The first-order chi connectivity index (χ1) is 7.68. The molecule has 0 aliphatic carbocycles. The highest BCUT2D eigenvalue weighted by atomic mass is 35.5. The molecule has 0 saturated heterocycles. The SMILES string of the molecule is CC(Oc1c(F)cccc1Cl)C1=NCCN1.